The normalized spacial score (nSPS) is 16.4. The fraction of sp³-hybridized carbons (Fsp3) is 0.278. The van der Waals surface area contributed by atoms with Crippen molar-refractivity contribution < 1.29 is 13.9 Å². The van der Waals surface area contributed by atoms with Gasteiger partial charge in [-0.15, -0.1) is 0 Å². The molecule has 0 radical (unpaired) electrons. The molecule has 0 fully saturated rings. The molecule has 1 amide bonds. The third kappa shape index (κ3) is 3.46. The van der Waals surface area contributed by atoms with Crippen LogP contribution < -0.4 is 5.32 Å². The van der Waals surface area contributed by atoms with E-state index in [4.69, 9.17) is 9.15 Å². The highest BCUT2D eigenvalue weighted by Gasteiger charge is 2.25. The van der Waals surface area contributed by atoms with E-state index in [0.717, 1.165) is 23.4 Å². The highest BCUT2D eigenvalue weighted by atomic mass is 16.5. The molecular formula is C18H18N4O3. The van der Waals surface area contributed by atoms with Gasteiger partial charge < -0.3 is 14.5 Å². The van der Waals surface area contributed by atoms with Crippen molar-refractivity contribution in [3.05, 3.63) is 71.7 Å². The number of furan rings is 1. The van der Waals surface area contributed by atoms with Crippen LogP contribution in [0.15, 0.2) is 53.4 Å². The average molecular weight is 338 g/mol. The summed E-state index contributed by atoms with van der Waals surface area (Å²) < 4.78 is 12.8. The van der Waals surface area contributed by atoms with Crippen molar-refractivity contribution in [3.63, 3.8) is 0 Å². The Labute approximate surface area is 144 Å². The van der Waals surface area contributed by atoms with Crippen molar-refractivity contribution in [1.29, 1.82) is 0 Å². The van der Waals surface area contributed by atoms with Crippen LogP contribution in [0, 0.1) is 0 Å². The average Bonchev–Trinajstić information content (AvgIpc) is 3.30. The maximum absolute atomic E-state index is 12.0. The predicted octanol–water partition coefficient (Wildman–Crippen LogP) is 1.96. The minimum absolute atomic E-state index is 0.256. The van der Waals surface area contributed by atoms with E-state index in [-0.39, 0.29) is 17.8 Å². The molecule has 0 aliphatic carbocycles. The SMILES string of the molecule is O=C(NCC1OCCc2cn(Cc3ccccn3)nc21)c1ccco1. The summed E-state index contributed by atoms with van der Waals surface area (Å²) >= 11 is 0. The van der Waals surface area contributed by atoms with Gasteiger partial charge in [-0.2, -0.15) is 5.10 Å². The Morgan fingerprint density at radius 3 is 3.08 bits per heavy atom. The minimum Gasteiger partial charge on any atom is -0.459 e. The van der Waals surface area contributed by atoms with E-state index < -0.39 is 0 Å². The van der Waals surface area contributed by atoms with Gasteiger partial charge in [0.15, 0.2) is 5.76 Å². The highest BCUT2D eigenvalue weighted by molar-refractivity contribution is 5.91. The Balaban J connectivity index is 1.45. The first-order valence-electron chi connectivity index (χ1n) is 8.19. The second kappa shape index (κ2) is 6.90. The van der Waals surface area contributed by atoms with Crippen molar-refractivity contribution in [2.24, 2.45) is 0 Å². The summed E-state index contributed by atoms with van der Waals surface area (Å²) in [7, 11) is 0. The fourth-order valence-corrected chi connectivity index (χ4v) is 2.91. The third-order valence-corrected chi connectivity index (χ3v) is 4.11. The van der Waals surface area contributed by atoms with Crippen LogP contribution in [-0.2, 0) is 17.7 Å². The molecule has 4 rings (SSSR count). The second-order valence-electron chi connectivity index (χ2n) is 5.85. The number of rotatable bonds is 5. The molecule has 25 heavy (non-hydrogen) atoms. The summed E-state index contributed by atoms with van der Waals surface area (Å²) in [5, 5.41) is 7.48. The Morgan fingerprint density at radius 2 is 2.28 bits per heavy atom. The van der Waals surface area contributed by atoms with E-state index in [0.29, 0.717) is 19.7 Å². The van der Waals surface area contributed by atoms with Gasteiger partial charge >= 0.3 is 0 Å². The number of nitrogens with zero attached hydrogens (tertiary/aromatic N) is 3. The summed E-state index contributed by atoms with van der Waals surface area (Å²) in [6.07, 6.45) is 5.85. The van der Waals surface area contributed by atoms with Gasteiger partial charge in [-0.1, -0.05) is 6.07 Å². The highest BCUT2D eigenvalue weighted by Crippen LogP contribution is 2.25. The van der Waals surface area contributed by atoms with Gasteiger partial charge in [0.1, 0.15) is 6.10 Å². The molecule has 0 saturated carbocycles. The number of fused-ring (bicyclic) bond motifs is 1. The number of carbonyl (C=O) groups excluding carboxylic acids is 1. The van der Waals surface area contributed by atoms with Crippen molar-refractivity contribution in [2.75, 3.05) is 13.2 Å². The van der Waals surface area contributed by atoms with Crippen LogP contribution in [-0.4, -0.2) is 33.8 Å². The number of hydrogen-bond donors (Lipinski definition) is 1. The Morgan fingerprint density at radius 1 is 1.32 bits per heavy atom. The molecule has 0 bridgehead atoms. The summed E-state index contributed by atoms with van der Waals surface area (Å²) in [5.41, 5.74) is 2.98. The molecule has 128 valence electrons. The van der Waals surface area contributed by atoms with Crippen LogP contribution >= 0.6 is 0 Å². The largest absolute Gasteiger partial charge is 0.459 e. The lowest BCUT2D eigenvalue weighted by molar-refractivity contribution is 0.0380. The van der Waals surface area contributed by atoms with Gasteiger partial charge in [0.25, 0.3) is 5.91 Å². The van der Waals surface area contributed by atoms with Crippen LogP contribution in [0.3, 0.4) is 0 Å². The Bertz CT molecular complexity index is 843. The van der Waals surface area contributed by atoms with E-state index in [1.165, 1.54) is 6.26 Å². The van der Waals surface area contributed by atoms with Crippen LogP contribution in [0.2, 0.25) is 0 Å². The van der Waals surface area contributed by atoms with Crippen LogP contribution in [0.4, 0.5) is 0 Å². The predicted molar refractivity (Wildman–Crippen MR) is 89.0 cm³/mol. The van der Waals surface area contributed by atoms with Crippen molar-refractivity contribution in [2.45, 2.75) is 19.1 Å². The first-order chi connectivity index (χ1) is 12.3. The van der Waals surface area contributed by atoms with Gasteiger partial charge in [-0.25, -0.2) is 0 Å². The summed E-state index contributed by atoms with van der Waals surface area (Å²) in [6, 6.07) is 9.14. The second-order valence-corrected chi connectivity index (χ2v) is 5.85. The zero-order valence-corrected chi connectivity index (χ0v) is 13.6. The van der Waals surface area contributed by atoms with Gasteiger partial charge in [0.05, 0.1) is 30.8 Å². The number of nitrogens with one attached hydrogen (secondary N) is 1. The van der Waals surface area contributed by atoms with Crippen molar-refractivity contribution in [1.82, 2.24) is 20.1 Å². The first kappa shape index (κ1) is 15.6. The zero-order valence-electron chi connectivity index (χ0n) is 13.6. The molecule has 7 nitrogen and oxygen atoms in total. The summed E-state index contributed by atoms with van der Waals surface area (Å²) in [6.45, 7) is 1.58. The number of aromatic nitrogens is 3. The van der Waals surface area contributed by atoms with Crippen LogP contribution in [0.25, 0.3) is 0 Å². The number of carbonyl (C=O) groups is 1. The molecule has 1 aliphatic rings. The molecule has 7 heteroatoms. The lowest BCUT2D eigenvalue weighted by Gasteiger charge is -2.22. The van der Waals surface area contributed by atoms with E-state index in [1.807, 2.05) is 29.1 Å². The number of amides is 1. The molecule has 0 spiro atoms. The summed E-state index contributed by atoms with van der Waals surface area (Å²) in [4.78, 5) is 16.3. The number of pyridine rings is 1. The quantitative estimate of drug-likeness (QED) is 0.769. The molecule has 0 saturated heterocycles. The Kier molecular flexibility index (Phi) is 4.30. The molecular weight excluding hydrogens is 320 g/mol. The van der Waals surface area contributed by atoms with Crippen molar-refractivity contribution in [3.8, 4) is 0 Å². The third-order valence-electron chi connectivity index (χ3n) is 4.11. The zero-order chi connectivity index (χ0) is 17.1. The molecule has 1 N–H and O–H groups in total. The van der Waals surface area contributed by atoms with E-state index >= 15 is 0 Å². The molecule has 4 heterocycles. The van der Waals surface area contributed by atoms with Gasteiger partial charge in [-0.3, -0.25) is 14.5 Å². The smallest absolute Gasteiger partial charge is 0.287 e. The monoisotopic (exact) mass is 338 g/mol. The standard InChI is InChI=1S/C18H18N4O3/c23-18(15-5-3-8-24-15)20-10-16-17-13(6-9-25-16)11-22(21-17)12-14-4-1-2-7-19-14/h1-5,7-8,11,16H,6,9-10,12H2,(H,20,23). The molecule has 1 aliphatic heterocycles. The number of ether oxygens (including phenoxy) is 1. The van der Waals surface area contributed by atoms with Gasteiger partial charge in [0, 0.05) is 18.9 Å². The molecule has 0 aromatic carbocycles. The van der Waals surface area contributed by atoms with Gasteiger partial charge in [0.2, 0.25) is 0 Å². The fourth-order valence-electron chi connectivity index (χ4n) is 2.91. The molecule has 3 aromatic heterocycles. The summed E-state index contributed by atoms with van der Waals surface area (Å²) in [5.74, 6) is 0.0327. The van der Waals surface area contributed by atoms with Crippen LogP contribution in [0.1, 0.15) is 33.6 Å². The molecule has 1 unspecified atom stereocenters. The minimum atomic E-state index is -0.257. The van der Waals surface area contributed by atoms with E-state index in [2.05, 4.69) is 15.4 Å². The topological polar surface area (TPSA) is 82.2 Å². The van der Waals surface area contributed by atoms with E-state index in [1.54, 1.807) is 18.3 Å². The van der Waals surface area contributed by atoms with E-state index in [9.17, 15) is 4.79 Å². The lowest BCUT2D eigenvalue weighted by atomic mass is 10.1. The Hall–Kier alpha value is -2.93. The maximum Gasteiger partial charge on any atom is 0.287 e. The molecule has 3 aromatic rings. The van der Waals surface area contributed by atoms with Crippen LogP contribution in [0.5, 0.6) is 0 Å². The van der Waals surface area contributed by atoms with Gasteiger partial charge in [-0.05, 0) is 36.2 Å². The maximum atomic E-state index is 12.0. The molecule has 1 atom stereocenters. The first-order valence-corrected chi connectivity index (χ1v) is 8.19. The lowest BCUT2D eigenvalue weighted by Crippen LogP contribution is -2.31. The number of hydrogen-bond acceptors (Lipinski definition) is 5. The van der Waals surface area contributed by atoms with Crippen molar-refractivity contribution >= 4 is 5.91 Å².